The third-order valence-electron chi connectivity index (χ3n) is 6.52. The van der Waals surface area contributed by atoms with E-state index in [1.54, 1.807) is 12.1 Å². The first-order valence-electron chi connectivity index (χ1n) is 12.6. The summed E-state index contributed by atoms with van der Waals surface area (Å²) in [6, 6.07) is 5.50. The molecule has 42 heavy (non-hydrogen) atoms. The van der Waals surface area contributed by atoms with Gasteiger partial charge in [0.05, 0.1) is 32.9 Å². The van der Waals surface area contributed by atoms with Gasteiger partial charge in [-0.25, -0.2) is 19.5 Å². The Morgan fingerprint density at radius 1 is 1.17 bits per heavy atom. The Morgan fingerprint density at radius 2 is 1.90 bits per heavy atom. The van der Waals surface area contributed by atoms with Crippen LogP contribution in [0.3, 0.4) is 0 Å². The Morgan fingerprint density at radius 3 is 2.64 bits per heavy atom. The highest BCUT2D eigenvalue weighted by Crippen LogP contribution is 2.53. The fourth-order valence-electron chi connectivity index (χ4n) is 4.51. The molecule has 0 bridgehead atoms. The zero-order valence-corrected chi connectivity index (χ0v) is 23.0. The summed E-state index contributed by atoms with van der Waals surface area (Å²) in [5.41, 5.74) is 12.9. The van der Waals surface area contributed by atoms with E-state index in [-0.39, 0.29) is 48.6 Å². The van der Waals surface area contributed by atoms with Crippen LogP contribution >= 0.6 is 7.82 Å². The number of ether oxygens (including phenoxy) is 4. The SMILES string of the molecule is COC(=O)C(N)Cc1ccc(OC(=O)CCC(=O)OC2C3OP(=O)(O)OCC3OC2n2cnc3c(N)ncnc32)cc1. The van der Waals surface area contributed by atoms with Gasteiger partial charge in [-0.3, -0.25) is 28.0 Å². The molecule has 0 spiro atoms. The molecule has 2 saturated heterocycles. The quantitative estimate of drug-likeness (QED) is 0.167. The second-order valence-corrected chi connectivity index (χ2v) is 10.8. The first-order valence-corrected chi connectivity index (χ1v) is 14.1. The second kappa shape index (κ2) is 12.1. The third kappa shape index (κ3) is 6.41. The molecule has 5 N–H and O–H groups in total. The largest absolute Gasteiger partial charge is 0.472 e. The Hall–Kier alpha value is -3.99. The number of nitrogens with two attached hydrogens (primary N) is 2. The Balaban J connectivity index is 1.22. The zero-order valence-electron chi connectivity index (χ0n) is 22.1. The molecule has 1 aromatic carbocycles. The highest BCUT2D eigenvalue weighted by atomic mass is 31.2. The third-order valence-corrected chi connectivity index (χ3v) is 7.50. The lowest BCUT2D eigenvalue weighted by Crippen LogP contribution is -2.41. The van der Waals surface area contributed by atoms with Gasteiger partial charge in [-0.2, -0.15) is 0 Å². The molecule has 2 aromatic heterocycles. The summed E-state index contributed by atoms with van der Waals surface area (Å²) in [6.45, 7) is -0.299. The van der Waals surface area contributed by atoms with E-state index in [2.05, 4.69) is 19.7 Å². The average molecular weight is 606 g/mol. The van der Waals surface area contributed by atoms with Crippen LogP contribution in [0.2, 0.25) is 0 Å². The van der Waals surface area contributed by atoms with Gasteiger partial charge in [0.15, 0.2) is 23.8 Å². The lowest BCUT2D eigenvalue weighted by Gasteiger charge is -2.29. The lowest BCUT2D eigenvalue weighted by molar-refractivity contribution is -0.159. The van der Waals surface area contributed by atoms with Crippen LogP contribution in [0.4, 0.5) is 5.82 Å². The number of esters is 3. The highest BCUT2D eigenvalue weighted by Gasteiger charge is 2.55. The number of carbonyl (C=O) groups is 3. The lowest BCUT2D eigenvalue weighted by atomic mass is 10.1. The van der Waals surface area contributed by atoms with Crippen LogP contribution in [-0.2, 0) is 48.6 Å². The van der Waals surface area contributed by atoms with Gasteiger partial charge in [-0.05, 0) is 24.1 Å². The van der Waals surface area contributed by atoms with Gasteiger partial charge in [0.2, 0.25) is 0 Å². The van der Waals surface area contributed by atoms with Crippen LogP contribution in [0.5, 0.6) is 5.75 Å². The molecule has 18 heteroatoms. The Kier molecular flexibility index (Phi) is 8.49. The molecular formula is C24H27N6O11P. The average Bonchev–Trinajstić information content (AvgIpc) is 3.54. The molecule has 6 atom stereocenters. The number of hydrogen-bond donors (Lipinski definition) is 3. The molecule has 17 nitrogen and oxygen atoms in total. The number of fused-ring (bicyclic) bond motifs is 2. The summed E-state index contributed by atoms with van der Waals surface area (Å²) >= 11 is 0. The van der Waals surface area contributed by atoms with E-state index >= 15 is 0 Å². The van der Waals surface area contributed by atoms with Crippen molar-refractivity contribution in [3.8, 4) is 5.75 Å². The van der Waals surface area contributed by atoms with Crippen molar-refractivity contribution in [3.63, 3.8) is 0 Å². The van der Waals surface area contributed by atoms with Gasteiger partial charge in [0.25, 0.3) is 0 Å². The van der Waals surface area contributed by atoms with E-state index in [1.807, 2.05) is 0 Å². The maximum Gasteiger partial charge on any atom is 0.472 e. The van der Waals surface area contributed by atoms with Crippen molar-refractivity contribution in [2.45, 2.75) is 49.8 Å². The zero-order chi connectivity index (χ0) is 30.0. The predicted octanol–water partition coefficient (Wildman–Crippen LogP) is 0.162. The second-order valence-electron chi connectivity index (χ2n) is 9.39. The van der Waals surface area contributed by atoms with Gasteiger partial charge < -0.3 is 35.3 Å². The fourth-order valence-corrected chi connectivity index (χ4v) is 5.47. The number of carbonyl (C=O) groups excluding carboxylic acids is 3. The number of benzene rings is 1. The van der Waals surface area contributed by atoms with Crippen molar-refractivity contribution in [2.75, 3.05) is 19.5 Å². The number of anilines is 1. The first-order chi connectivity index (χ1) is 20.0. The van der Waals surface area contributed by atoms with Crippen molar-refractivity contribution in [3.05, 3.63) is 42.5 Å². The van der Waals surface area contributed by atoms with Gasteiger partial charge in [0.1, 0.15) is 35.8 Å². The number of phosphoric ester groups is 1. The minimum atomic E-state index is -4.43. The maximum absolute atomic E-state index is 12.8. The van der Waals surface area contributed by atoms with Gasteiger partial charge in [-0.15, -0.1) is 0 Å². The summed E-state index contributed by atoms with van der Waals surface area (Å²) < 4.78 is 45.1. The van der Waals surface area contributed by atoms with Crippen LogP contribution < -0.4 is 16.2 Å². The van der Waals surface area contributed by atoms with E-state index in [4.69, 9.17) is 34.7 Å². The van der Waals surface area contributed by atoms with Crippen molar-refractivity contribution < 1.29 is 51.8 Å². The summed E-state index contributed by atoms with van der Waals surface area (Å²) in [5.74, 6) is -1.74. The standard InChI is InChI=1S/C24H27N6O11P/c1-36-24(33)14(25)8-12-2-4-13(5-3-12)38-16(31)6-7-17(32)40-20-19-15(9-37-42(34,35)41-19)39-23(20)30-11-29-18-21(26)27-10-28-22(18)30/h2-5,10-11,14-15,19-20,23H,6-9,25H2,1H3,(H,34,35)(H2,26,27,28). The monoisotopic (exact) mass is 606 g/mol. The summed E-state index contributed by atoms with van der Waals surface area (Å²) in [5, 5.41) is 0. The molecule has 2 aliphatic rings. The van der Waals surface area contributed by atoms with Crippen molar-refractivity contribution in [1.29, 1.82) is 0 Å². The van der Waals surface area contributed by atoms with Crippen LogP contribution in [0, 0.1) is 0 Å². The number of hydrogen-bond acceptors (Lipinski definition) is 15. The summed E-state index contributed by atoms with van der Waals surface area (Å²) in [7, 11) is -3.18. The number of nitrogen functional groups attached to an aromatic ring is 1. The van der Waals surface area contributed by atoms with Gasteiger partial charge in [0, 0.05) is 0 Å². The van der Waals surface area contributed by atoms with Crippen molar-refractivity contribution in [1.82, 2.24) is 19.5 Å². The fraction of sp³-hybridized carbons (Fsp3) is 0.417. The van der Waals surface area contributed by atoms with E-state index in [1.165, 1.54) is 36.5 Å². The summed E-state index contributed by atoms with van der Waals surface area (Å²) in [4.78, 5) is 58.8. The van der Waals surface area contributed by atoms with Crippen LogP contribution in [-0.4, -0.2) is 80.4 Å². The minimum Gasteiger partial charge on any atom is -0.468 e. The molecule has 5 rings (SSSR count). The predicted molar refractivity (Wildman–Crippen MR) is 139 cm³/mol. The molecule has 6 unspecified atom stereocenters. The van der Waals surface area contributed by atoms with Gasteiger partial charge in [-0.1, -0.05) is 12.1 Å². The van der Waals surface area contributed by atoms with E-state index in [9.17, 15) is 23.8 Å². The number of methoxy groups -OCH3 is 1. The van der Waals surface area contributed by atoms with E-state index < -0.39 is 56.3 Å². The number of imidazole rings is 1. The van der Waals surface area contributed by atoms with E-state index in [0.29, 0.717) is 0 Å². The van der Waals surface area contributed by atoms with E-state index in [0.717, 1.165) is 5.56 Å². The molecule has 2 fully saturated rings. The van der Waals surface area contributed by atoms with Crippen LogP contribution in [0.25, 0.3) is 11.2 Å². The normalized spacial score (nSPS) is 25.9. The molecule has 3 aromatic rings. The van der Waals surface area contributed by atoms with Crippen LogP contribution in [0.15, 0.2) is 36.9 Å². The molecule has 0 radical (unpaired) electrons. The van der Waals surface area contributed by atoms with Crippen molar-refractivity contribution >= 4 is 42.7 Å². The molecule has 4 heterocycles. The smallest absolute Gasteiger partial charge is 0.468 e. The van der Waals surface area contributed by atoms with Crippen LogP contribution in [0.1, 0.15) is 24.6 Å². The Labute approximate surface area is 237 Å². The number of aromatic nitrogens is 4. The van der Waals surface area contributed by atoms with Gasteiger partial charge >= 0.3 is 25.7 Å². The number of phosphoric acid groups is 1. The topological polar surface area (TPSA) is 240 Å². The molecule has 0 amide bonds. The maximum atomic E-state index is 12.8. The summed E-state index contributed by atoms with van der Waals surface area (Å²) in [6.07, 6.45) is -2.26. The first kappa shape index (κ1) is 29.5. The molecular weight excluding hydrogens is 579 g/mol. The molecule has 2 aliphatic heterocycles. The van der Waals surface area contributed by atoms with Crippen molar-refractivity contribution in [2.24, 2.45) is 5.73 Å². The molecule has 224 valence electrons. The number of rotatable bonds is 9. The highest BCUT2D eigenvalue weighted by molar-refractivity contribution is 7.47. The molecule has 0 aliphatic carbocycles. The Bertz CT molecular complexity index is 1530. The number of nitrogens with zero attached hydrogens (tertiary/aromatic N) is 4. The molecule has 0 saturated carbocycles. The minimum absolute atomic E-state index is 0.111.